The van der Waals surface area contributed by atoms with Crippen LogP contribution in [0.1, 0.15) is 59.1 Å². The summed E-state index contributed by atoms with van der Waals surface area (Å²) in [6.45, 7) is 12.7. The van der Waals surface area contributed by atoms with Crippen LogP contribution in [0.4, 0.5) is 0 Å². The van der Waals surface area contributed by atoms with Gasteiger partial charge in [-0.2, -0.15) is 6.08 Å². The van der Waals surface area contributed by atoms with Gasteiger partial charge in [-0.1, -0.05) is 59.7 Å². The molecule has 0 aliphatic heterocycles. The van der Waals surface area contributed by atoms with E-state index in [4.69, 9.17) is 0 Å². The van der Waals surface area contributed by atoms with Crippen molar-refractivity contribution in [2.75, 3.05) is 0 Å². The summed E-state index contributed by atoms with van der Waals surface area (Å²) in [6.07, 6.45) is 10.0. The van der Waals surface area contributed by atoms with Crippen LogP contribution in [-0.2, 0) is 32.5 Å². The van der Waals surface area contributed by atoms with Crippen molar-refractivity contribution in [2.24, 2.45) is 0 Å². The van der Waals surface area contributed by atoms with Gasteiger partial charge in [0.1, 0.15) is 5.75 Å². The van der Waals surface area contributed by atoms with Crippen molar-refractivity contribution >= 4 is 0 Å². The first-order valence-electron chi connectivity index (χ1n) is 7.18. The molecule has 1 aliphatic carbocycles. The molecule has 1 aromatic rings. The number of halogens is 2. The first-order valence-corrected chi connectivity index (χ1v) is 7.18. The summed E-state index contributed by atoms with van der Waals surface area (Å²) in [5.41, 5.74) is 2.03. The van der Waals surface area contributed by atoms with Gasteiger partial charge < -0.3 is 29.9 Å². The van der Waals surface area contributed by atoms with E-state index in [1.165, 1.54) is 0 Å². The molecule has 1 aromatic carbocycles. The van der Waals surface area contributed by atoms with E-state index in [2.05, 4.69) is 53.7 Å². The summed E-state index contributed by atoms with van der Waals surface area (Å²) in [4.78, 5) is 0. The maximum absolute atomic E-state index is 10.3. The molecule has 0 heterocycles. The third kappa shape index (κ3) is 9.00. The molecule has 1 radical (unpaired) electrons. The van der Waals surface area contributed by atoms with E-state index in [9.17, 15) is 5.11 Å². The fraction of sp³-hybridized carbons (Fsp3) is 0.474. The zero-order chi connectivity index (χ0) is 15.4. The Bertz CT molecular complexity index is 467. The molecule has 0 saturated heterocycles. The Morgan fingerprint density at radius 2 is 1.35 bits per heavy atom. The molecule has 1 N–H and O–H groups in total. The second-order valence-corrected chi connectivity index (χ2v) is 7.20. The van der Waals surface area contributed by atoms with Crippen LogP contribution < -0.4 is 24.8 Å². The average molecular weight is 390 g/mol. The van der Waals surface area contributed by atoms with Gasteiger partial charge in [0.25, 0.3) is 0 Å². The van der Waals surface area contributed by atoms with E-state index in [1.54, 1.807) is 0 Å². The molecule has 2 rings (SSSR count). The van der Waals surface area contributed by atoms with Crippen LogP contribution in [0.25, 0.3) is 0 Å². The predicted molar refractivity (Wildman–Crippen MR) is 87.1 cm³/mol. The summed E-state index contributed by atoms with van der Waals surface area (Å²) < 4.78 is 0. The molecule has 0 fully saturated rings. The maximum Gasteiger partial charge on any atom is 3.00 e. The number of hydrogen-bond acceptors (Lipinski definition) is 1. The van der Waals surface area contributed by atoms with E-state index in [-0.39, 0.29) is 57.4 Å². The molecule has 0 amide bonds. The van der Waals surface area contributed by atoms with Gasteiger partial charge in [-0.15, -0.1) is 6.42 Å². The Labute approximate surface area is 169 Å². The van der Waals surface area contributed by atoms with Crippen molar-refractivity contribution in [1.29, 1.82) is 0 Å². The van der Waals surface area contributed by atoms with Gasteiger partial charge in [-0.25, -0.2) is 12.2 Å². The summed E-state index contributed by atoms with van der Waals surface area (Å²) in [7, 11) is 0. The van der Waals surface area contributed by atoms with Crippen LogP contribution in [-0.4, -0.2) is 5.11 Å². The number of aromatic hydroxyl groups is 1. The van der Waals surface area contributed by atoms with Crippen LogP contribution in [0, 0.1) is 6.08 Å². The normalized spacial score (nSPS) is 12.3. The number of rotatable bonds is 0. The van der Waals surface area contributed by atoms with Gasteiger partial charge in [0.05, 0.1) is 0 Å². The van der Waals surface area contributed by atoms with Crippen LogP contribution in [0.3, 0.4) is 0 Å². The van der Waals surface area contributed by atoms with Gasteiger partial charge in [-0.3, -0.25) is 6.08 Å². The van der Waals surface area contributed by atoms with Crippen LogP contribution in [0.15, 0.2) is 36.4 Å². The molecular formula is C19H27Cl2OTi. The van der Waals surface area contributed by atoms with Crippen LogP contribution in [0.5, 0.6) is 5.75 Å². The molecule has 0 bridgehead atoms. The number of allylic oxidation sites excluding steroid dienone is 4. The van der Waals surface area contributed by atoms with Gasteiger partial charge in [-0.05, 0) is 22.0 Å². The minimum Gasteiger partial charge on any atom is -1.00 e. The fourth-order valence-electron chi connectivity index (χ4n) is 2.09. The van der Waals surface area contributed by atoms with Crippen molar-refractivity contribution in [3.8, 4) is 5.75 Å². The Kier molecular flexibility index (Phi) is 13.7. The van der Waals surface area contributed by atoms with E-state index in [0.717, 1.165) is 17.5 Å². The van der Waals surface area contributed by atoms with E-state index in [1.807, 2.05) is 30.4 Å². The monoisotopic (exact) mass is 389 g/mol. The Morgan fingerprint density at radius 1 is 0.913 bits per heavy atom. The SMILES string of the molecule is CC(C)(C)c1cccc(C(C)(C)C)c1O.[C-]1=CC=CC1.[Cl-].[Cl-].[Ti+3]. The standard InChI is InChI=1S/C14H22O.C5H5.2ClH.Ti/c1-13(2,3)10-8-7-9-11(12(10)15)14(4,5)6;1-2-4-5-3-1;;;/h7-9,15H,1-6H3;1-3H,4H2;2*1H;/q;-1;;;+3/p-2. The van der Waals surface area contributed by atoms with Crippen molar-refractivity contribution in [3.63, 3.8) is 0 Å². The molecule has 0 aromatic heterocycles. The summed E-state index contributed by atoms with van der Waals surface area (Å²) in [6, 6.07) is 6.04. The fourth-order valence-corrected chi connectivity index (χ4v) is 2.09. The second-order valence-electron chi connectivity index (χ2n) is 7.20. The van der Waals surface area contributed by atoms with E-state index < -0.39 is 0 Å². The summed E-state index contributed by atoms with van der Waals surface area (Å²) in [5, 5.41) is 10.3. The van der Waals surface area contributed by atoms with Gasteiger partial charge in [0.2, 0.25) is 0 Å². The third-order valence-corrected chi connectivity index (χ3v) is 3.24. The van der Waals surface area contributed by atoms with Crippen molar-refractivity contribution in [1.82, 2.24) is 0 Å². The molecule has 0 unspecified atom stereocenters. The Hall–Kier alpha value is -0.206. The number of phenolic OH excluding ortho intramolecular Hbond substituents is 1. The smallest absolute Gasteiger partial charge is 1.00 e. The molecule has 127 valence electrons. The first kappa shape index (κ1) is 27.6. The number of hydrogen-bond donors (Lipinski definition) is 1. The summed E-state index contributed by atoms with van der Waals surface area (Å²) >= 11 is 0. The summed E-state index contributed by atoms with van der Waals surface area (Å²) in [5.74, 6) is 0.456. The van der Waals surface area contributed by atoms with Gasteiger partial charge in [0.15, 0.2) is 0 Å². The van der Waals surface area contributed by atoms with Crippen molar-refractivity contribution in [2.45, 2.75) is 58.8 Å². The van der Waals surface area contributed by atoms with E-state index >= 15 is 0 Å². The molecule has 1 nitrogen and oxygen atoms in total. The molecule has 0 saturated carbocycles. The molecule has 1 aliphatic rings. The first-order chi connectivity index (χ1) is 9.14. The predicted octanol–water partition coefficient (Wildman–Crippen LogP) is -0.702. The molecule has 23 heavy (non-hydrogen) atoms. The second kappa shape index (κ2) is 11.4. The van der Waals surface area contributed by atoms with Gasteiger partial charge in [0, 0.05) is 0 Å². The zero-order valence-corrected chi connectivity index (χ0v) is 17.9. The average Bonchev–Trinajstić information content (AvgIpc) is 2.84. The van der Waals surface area contributed by atoms with E-state index in [0.29, 0.717) is 5.75 Å². The zero-order valence-electron chi connectivity index (χ0n) is 14.9. The van der Waals surface area contributed by atoms with Gasteiger partial charge >= 0.3 is 21.7 Å². The molecule has 0 atom stereocenters. The van der Waals surface area contributed by atoms with Crippen LogP contribution in [0.2, 0.25) is 0 Å². The van der Waals surface area contributed by atoms with Crippen molar-refractivity contribution < 1.29 is 51.6 Å². The van der Waals surface area contributed by atoms with Crippen LogP contribution >= 0.6 is 0 Å². The largest absolute Gasteiger partial charge is 3.00 e. The molecular weight excluding hydrogens is 363 g/mol. The third-order valence-electron chi connectivity index (χ3n) is 3.24. The topological polar surface area (TPSA) is 20.2 Å². The number of phenols is 1. The number of benzene rings is 1. The Balaban J connectivity index is -0.000000431. The quantitative estimate of drug-likeness (QED) is 0.459. The number of para-hydroxylation sites is 1. The Morgan fingerprint density at radius 3 is 1.57 bits per heavy atom. The minimum atomic E-state index is -0.00859. The minimum absolute atomic E-state index is 0. The maximum atomic E-state index is 10.3. The van der Waals surface area contributed by atoms with Crippen molar-refractivity contribution in [3.05, 3.63) is 53.6 Å². The molecule has 4 heteroatoms. The molecule has 0 spiro atoms.